The standard InChI is InChI=1S/C13H20N2O/c1-9(2)8-15-11-5-13(3,4)6-12(16)10(11)7-14-15/h7,9H,5-6,8H2,1-4H3. The summed E-state index contributed by atoms with van der Waals surface area (Å²) in [7, 11) is 0. The molecule has 0 amide bonds. The van der Waals surface area contributed by atoms with Crippen LogP contribution in [0.4, 0.5) is 0 Å². The second-order valence-corrected chi connectivity index (χ2v) is 6.02. The molecule has 2 rings (SSSR count). The lowest BCUT2D eigenvalue weighted by atomic mass is 9.76. The van der Waals surface area contributed by atoms with Gasteiger partial charge in [-0.05, 0) is 17.8 Å². The summed E-state index contributed by atoms with van der Waals surface area (Å²) in [5.41, 5.74) is 2.06. The highest BCUT2D eigenvalue weighted by Crippen LogP contribution is 2.34. The first-order valence-electron chi connectivity index (χ1n) is 5.97. The van der Waals surface area contributed by atoms with E-state index in [2.05, 4.69) is 32.8 Å². The Morgan fingerprint density at radius 3 is 2.75 bits per heavy atom. The van der Waals surface area contributed by atoms with Crippen molar-refractivity contribution in [2.45, 2.75) is 47.1 Å². The Bertz CT molecular complexity index is 416. The molecule has 0 saturated heterocycles. The van der Waals surface area contributed by atoms with Gasteiger partial charge < -0.3 is 0 Å². The van der Waals surface area contributed by atoms with E-state index in [1.54, 1.807) is 6.20 Å². The zero-order valence-electron chi connectivity index (χ0n) is 10.6. The Kier molecular flexibility index (Phi) is 2.64. The molecular weight excluding hydrogens is 200 g/mol. The lowest BCUT2D eigenvalue weighted by Gasteiger charge is -2.29. The second kappa shape index (κ2) is 3.72. The van der Waals surface area contributed by atoms with E-state index < -0.39 is 0 Å². The Balaban J connectivity index is 2.37. The molecule has 0 saturated carbocycles. The summed E-state index contributed by atoms with van der Waals surface area (Å²) in [4.78, 5) is 11.9. The second-order valence-electron chi connectivity index (χ2n) is 6.02. The first kappa shape index (κ1) is 11.4. The summed E-state index contributed by atoms with van der Waals surface area (Å²) >= 11 is 0. The quantitative estimate of drug-likeness (QED) is 0.768. The summed E-state index contributed by atoms with van der Waals surface area (Å²) in [6, 6.07) is 0. The summed E-state index contributed by atoms with van der Waals surface area (Å²) in [6.45, 7) is 9.55. The van der Waals surface area contributed by atoms with Crippen molar-refractivity contribution < 1.29 is 4.79 Å². The predicted octanol–water partition coefficient (Wildman–Crippen LogP) is 2.69. The summed E-state index contributed by atoms with van der Waals surface area (Å²) in [6.07, 6.45) is 3.35. The Morgan fingerprint density at radius 2 is 2.12 bits per heavy atom. The summed E-state index contributed by atoms with van der Waals surface area (Å²) in [5.74, 6) is 0.811. The fraction of sp³-hybridized carbons (Fsp3) is 0.692. The molecule has 3 nitrogen and oxygen atoms in total. The van der Waals surface area contributed by atoms with Crippen LogP contribution >= 0.6 is 0 Å². The summed E-state index contributed by atoms with van der Waals surface area (Å²) < 4.78 is 2.01. The van der Waals surface area contributed by atoms with Crippen molar-refractivity contribution >= 4 is 5.78 Å². The molecule has 0 aromatic carbocycles. The van der Waals surface area contributed by atoms with Crippen molar-refractivity contribution in [1.82, 2.24) is 9.78 Å². The highest BCUT2D eigenvalue weighted by molar-refractivity contribution is 5.98. The zero-order valence-corrected chi connectivity index (χ0v) is 10.6. The molecule has 1 aliphatic carbocycles. The number of carbonyl (C=O) groups excluding carboxylic acids is 1. The molecule has 16 heavy (non-hydrogen) atoms. The smallest absolute Gasteiger partial charge is 0.166 e. The van der Waals surface area contributed by atoms with Gasteiger partial charge >= 0.3 is 0 Å². The zero-order chi connectivity index (χ0) is 11.9. The highest BCUT2D eigenvalue weighted by atomic mass is 16.1. The van der Waals surface area contributed by atoms with Gasteiger partial charge in [0.15, 0.2) is 5.78 Å². The van der Waals surface area contributed by atoms with Crippen LogP contribution < -0.4 is 0 Å². The molecule has 0 fully saturated rings. The van der Waals surface area contributed by atoms with E-state index in [-0.39, 0.29) is 11.2 Å². The number of hydrogen-bond acceptors (Lipinski definition) is 2. The number of carbonyl (C=O) groups is 1. The van der Waals surface area contributed by atoms with E-state index in [0.717, 1.165) is 24.2 Å². The lowest BCUT2D eigenvalue weighted by molar-refractivity contribution is 0.0909. The first-order chi connectivity index (χ1) is 7.39. The van der Waals surface area contributed by atoms with Crippen LogP contribution in [0.3, 0.4) is 0 Å². The maximum atomic E-state index is 11.9. The number of rotatable bonds is 2. The van der Waals surface area contributed by atoms with E-state index in [1.165, 1.54) is 0 Å². The maximum absolute atomic E-state index is 11.9. The molecule has 0 unspecified atom stereocenters. The number of Topliss-reactive ketones (excluding diaryl/α,β-unsaturated/α-hetero) is 1. The van der Waals surface area contributed by atoms with Crippen molar-refractivity contribution in [1.29, 1.82) is 0 Å². The maximum Gasteiger partial charge on any atom is 0.166 e. The number of fused-ring (bicyclic) bond motifs is 1. The average molecular weight is 220 g/mol. The normalized spacial score (nSPS) is 18.9. The molecule has 88 valence electrons. The van der Waals surface area contributed by atoms with Crippen LogP contribution in [0.25, 0.3) is 0 Å². The molecule has 1 aliphatic rings. The Hall–Kier alpha value is -1.12. The molecule has 1 heterocycles. The highest BCUT2D eigenvalue weighted by Gasteiger charge is 2.33. The van der Waals surface area contributed by atoms with Gasteiger partial charge in [-0.3, -0.25) is 9.48 Å². The van der Waals surface area contributed by atoms with Crippen molar-refractivity contribution in [2.24, 2.45) is 11.3 Å². The molecule has 1 aromatic rings. The van der Waals surface area contributed by atoms with Gasteiger partial charge in [0, 0.05) is 18.7 Å². The third-order valence-corrected chi connectivity index (χ3v) is 3.07. The Labute approximate surface area is 96.8 Å². The van der Waals surface area contributed by atoms with Gasteiger partial charge in [0.25, 0.3) is 0 Å². The Morgan fingerprint density at radius 1 is 1.44 bits per heavy atom. The molecule has 0 atom stereocenters. The molecule has 1 aromatic heterocycles. The van der Waals surface area contributed by atoms with Gasteiger partial charge in [-0.25, -0.2) is 0 Å². The fourth-order valence-corrected chi connectivity index (χ4v) is 2.38. The average Bonchev–Trinajstić information content (AvgIpc) is 2.45. The molecule has 3 heteroatoms. The molecule has 0 N–H and O–H groups in total. The number of hydrogen-bond donors (Lipinski definition) is 0. The molecular formula is C13H20N2O. The molecule has 0 radical (unpaired) electrons. The van der Waals surface area contributed by atoms with Crippen LogP contribution in [0.15, 0.2) is 6.20 Å². The van der Waals surface area contributed by atoms with E-state index >= 15 is 0 Å². The number of nitrogens with zero attached hydrogens (tertiary/aromatic N) is 2. The van der Waals surface area contributed by atoms with Gasteiger partial charge in [0.1, 0.15) is 0 Å². The van der Waals surface area contributed by atoms with E-state index in [9.17, 15) is 4.79 Å². The van der Waals surface area contributed by atoms with Crippen molar-refractivity contribution in [3.63, 3.8) is 0 Å². The van der Waals surface area contributed by atoms with Gasteiger partial charge in [-0.2, -0.15) is 5.10 Å². The number of ketones is 1. The van der Waals surface area contributed by atoms with Gasteiger partial charge in [-0.1, -0.05) is 27.7 Å². The van der Waals surface area contributed by atoms with Gasteiger partial charge in [-0.15, -0.1) is 0 Å². The topological polar surface area (TPSA) is 34.9 Å². The van der Waals surface area contributed by atoms with Crippen molar-refractivity contribution in [2.75, 3.05) is 0 Å². The minimum Gasteiger partial charge on any atom is -0.294 e. The van der Waals surface area contributed by atoms with Crippen LogP contribution in [0, 0.1) is 11.3 Å². The van der Waals surface area contributed by atoms with Crippen molar-refractivity contribution in [3.8, 4) is 0 Å². The first-order valence-corrected chi connectivity index (χ1v) is 5.97. The number of aromatic nitrogens is 2. The van der Waals surface area contributed by atoms with E-state index in [4.69, 9.17) is 0 Å². The lowest BCUT2D eigenvalue weighted by Crippen LogP contribution is -2.28. The molecule has 0 aliphatic heterocycles. The third kappa shape index (κ3) is 2.04. The van der Waals surface area contributed by atoms with E-state index in [0.29, 0.717) is 12.3 Å². The SMILES string of the molecule is CC(C)Cn1ncc2c1CC(C)(C)CC2=O. The third-order valence-electron chi connectivity index (χ3n) is 3.07. The van der Waals surface area contributed by atoms with Crippen molar-refractivity contribution in [3.05, 3.63) is 17.5 Å². The monoisotopic (exact) mass is 220 g/mol. The largest absolute Gasteiger partial charge is 0.294 e. The molecule has 0 bridgehead atoms. The molecule has 0 spiro atoms. The van der Waals surface area contributed by atoms with Crippen LogP contribution in [-0.2, 0) is 13.0 Å². The predicted molar refractivity (Wildman–Crippen MR) is 63.5 cm³/mol. The van der Waals surface area contributed by atoms with Gasteiger partial charge in [0.2, 0.25) is 0 Å². The van der Waals surface area contributed by atoms with Crippen LogP contribution in [0.5, 0.6) is 0 Å². The van der Waals surface area contributed by atoms with Crippen LogP contribution in [-0.4, -0.2) is 15.6 Å². The minimum atomic E-state index is 0.0822. The van der Waals surface area contributed by atoms with Crippen LogP contribution in [0.2, 0.25) is 0 Å². The van der Waals surface area contributed by atoms with Gasteiger partial charge in [0.05, 0.1) is 11.8 Å². The fourth-order valence-electron chi connectivity index (χ4n) is 2.38. The summed E-state index contributed by atoms with van der Waals surface area (Å²) in [5, 5.41) is 4.35. The van der Waals surface area contributed by atoms with E-state index in [1.807, 2.05) is 4.68 Å². The van der Waals surface area contributed by atoms with Crippen LogP contribution in [0.1, 0.15) is 50.2 Å². The minimum absolute atomic E-state index is 0.0822.